The summed E-state index contributed by atoms with van der Waals surface area (Å²) in [7, 11) is 0. The number of hydrogen-bond donors (Lipinski definition) is 5. The minimum Gasteiger partial charge on any atom is -0.445 e. The molecular weight excluding hydrogens is 678 g/mol. The van der Waals surface area contributed by atoms with Gasteiger partial charge in [0.15, 0.2) is 0 Å². The molecule has 1 aliphatic carbocycles. The number of carbonyl (C=O) groups is 4. The number of alkyl carbamates (subject to hydrolysis) is 1. The minimum absolute atomic E-state index is 0.202. The number of nitrogens with zero attached hydrogens (tertiary/aromatic N) is 2. The Balaban J connectivity index is 1.57. The normalized spacial score (nSPS) is 19.3. The second-order valence-corrected chi connectivity index (χ2v) is 16.3. The maximum Gasteiger partial charge on any atom is 0.410 e. The molecule has 53 heavy (non-hydrogen) atoms. The zero-order valence-electron chi connectivity index (χ0n) is 33.1. The summed E-state index contributed by atoms with van der Waals surface area (Å²) in [6.45, 7) is 16.2. The lowest BCUT2D eigenvalue weighted by atomic mass is 9.79. The predicted molar refractivity (Wildman–Crippen MR) is 204 cm³/mol. The van der Waals surface area contributed by atoms with Crippen LogP contribution < -0.4 is 16.0 Å². The van der Waals surface area contributed by atoms with Gasteiger partial charge in [0.25, 0.3) is 0 Å². The fourth-order valence-electron chi connectivity index (χ4n) is 7.19. The molecular formula is C40H67N5O8. The Kier molecular flexibility index (Phi) is 17.8. The maximum atomic E-state index is 13.9. The summed E-state index contributed by atoms with van der Waals surface area (Å²) in [6, 6.07) is 7.87. The van der Waals surface area contributed by atoms with Crippen molar-refractivity contribution in [2.75, 3.05) is 39.3 Å². The first-order valence-corrected chi connectivity index (χ1v) is 19.7. The highest BCUT2D eigenvalue weighted by Crippen LogP contribution is 2.30. The summed E-state index contributed by atoms with van der Waals surface area (Å²) in [5.74, 6) is -2.22. The molecule has 1 aliphatic heterocycles. The number of aliphatic hydroxyl groups is 2. The summed E-state index contributed by atoms with van der Waals surface area (Å²) in [6.07, 6.45) is 2.33. The van der Waals surface area contributed by atoms with Crippen LogP contribution in [-0.4, -0.2) is 113 Å². The predicted octanol–water partition coefficient (Wildman–Crippen LogP) is 4.45. The Morgan fingerprint density at radius 3 is 2.11 bits per heavy atom. The molecule has 0 aromatic heterocycles. The Labute approximate surface area is 316 Å². The van der Waals surface area contributed by atoms with Crippen LogP contribution in [0.4, 0.5) is 9.59 Å². The number of aliphatic hydroxyl groups excluding tert-OH is 2. The highest BCUT2D eigenvalue weighted by Gasteiger charge is 2.41. The molecule has 13 nitrogen and oxygen atoms in total. The van der Waals surface area contributed by atoms with E-state index >= 15 is 0 Å². The van der Waals surface area contributed by atoms with Crippen LogP contribution in [0.25, 0.3) is 0 Å². The monoisotopic (exact) mass is 745 g/mol. The Bertz CT molecular complexity index is 1280. The number of piperazine rings is 1. The van der Waals surface area contributed by atoms with Crippen LogP contribution in [-0.2, 0) is 25.7 Å². The number of ether oxygens (including phenoxy) is 2. The lowest BCUT2D eigenvalue weighted by Crippen LogP contribution is -2.58. The quantitative estimate of drug-likeness (QED) is 0.155. The molecule has 1 aromatic rings. The molecule has 1 saturated heterocycles. The van der Waals surface area contributed by atoms with Crippen LogP contribution >= 0.6 is 0 Å². The first-order valence-electron chi connectivity index (χ1n) is 19.7. The van der Waals surface area contributed by atoms with Crippen molar-refractivity contribution in [1.82, 2.24) is 25.8 Å². The molecule has 6 atom stereocenters. The first kappa shape index (κ1) is 44.0. The van der Waals surface area contributed by atoms with Gasteiger partial charge in [-0.3, -0.25) is 14.5 Å². The fourth-order valence-corrected chi connectivity index (χ4v) is 7.19. The molecule has 300 valence electrons. The Hall–Kier alpha value is -3.42. The van der Waals surface area contributed by atoms with E-state index < -0.39 is 47.8 Å². The summed E-state index contributed by atoms with van der Waals surface area (Å²) in [5.41, 5.74) is 0.185. The third-order valence-electron chi connectivity index (χ3n) is 10.5. The van der Waals surface area contributed by atoms with E-state index in [0.29, 0.717) is 52.1 Å². The van der Waals surface area contributed by atoms with Gasteiger partial charge in [0.05, 0.1) is 18.1 Å². The molecule has 1 heterocycles. The Morgan fingerprint density at radius 2 is 1.53 bits per heavy atom. The number of amides is 4. The van der Waals surface area contributed by atoms with Gasteiger partial charge in [0, 0.05) is 39.3 Å². The average molecular weight is 746 g/mol. The SMILES string of the molecule is CC[C@H](C)[C@H](NC(=O)[C@H](C(C)C)[C@@H](O)[C@H](O)[C@H](CC1CCCCC1)NC(=O)OC(C)(C)C)C(=O)NCCN1CCN(C(=O)OCc2ccccc2)CC1. The van der Waals surface area contributed by atoms with Crippen molar-refractivity contribution in [2.24, 2.45) is 23.7 Å². The summed E-state index contributed by atoms with van der Waals surface area (Å²) >= 11 is 0. The Morgan fingerprint density at radius 1 is 0.887 bits per heavy atom. The van der Waals surface area contributed by atoms with Crippen molar-refractivity contribution in [3.63, 3.8) is 0 Å². The molecule has 0 spiro atoms. The van der Waals surface area contributed by atoms with Gasteiger partial charge in [0.2, 0.25) is 11.8 Å². The van der Waals surface area contributed by atoms with Crippen LogP contribution in [0, 0.1) is 23.7 Å². The van der Waals surface area contributed by atoms with E-state index in [-0.39, 0.29) is 36.4 Å². The van der Waals surface area contributed by atoms with Crippen molar-refractivity contribution in [1.29, 1.82) is 0 Å². The van der Waals surface area contributed by atoms with E-state index in [1.54, 1.807) is 39.5 Å². The van der Waals surface area contributed by atoms with Crippen molar-refractivity contribution in [3.05, 3.63) is 35.9 Å². The number of rotatable bonds is 17. The molecule has 4 amide bonds. The van der Waals surface area contributed by atoms with E-state index in [2.05, 4.69) is 20.9 Å². The standard InChI is InChI=1S/C40H67N5O8/c1-8-28(4)33(37(49)41-19-20-44-21-23-45(24-22-44)39(51)52-26-30-17-13-10-14-18-30)43-36(48)32(27(2)3)35(47)34(46)31(25-29-15-11-9-12-16-29)42-38(50)53-40(5,6)7/h10,13-14,17-18,27-29,31-35,46-47H,8-9,11-12,15-16,19-26H2,1-7H3,(H,41,49)(H,42,50)(H,43,48)/t28-,31-,32+,33-,34+,35+/m0/s1. The summed E-state index contributed by atoms with van der Waals surface area (Å²) < 4.78 is 10.9. The summed E-state index contributed by atoms with van der Waals surface area (Å²) in [4.78, 5) is 56.7. The van der Waals surface area contributed by atoms with Gasteiger partial charge in [-0.2, -0.15) is 0 Å². The van der Waals surface area contributed by atoms with E-state index in [4.69, 9.17) is 9.47 Å². The number of hydrogen-bond acceptors (Lipinski definition) is 9. The lowest BCUT2D eigenvalue weighted by Gasteiger charge is -2.36. The van der Waals surface area contributed by atoms with Crippen LogP contribution in [0.3, 0.4) is 0 Å². The van der Waals surface area contributed by atoms with E-state index in [1.165, 1.54) is 0 Å². The largest absolute Gasteiger partial charge is 0.445 e. The smallest absolute Gasteiger partial charge is 0.410 e. The second kappa shape index (κ2) is 21.5. The molecule has 13 heteroatoms. The molecule has 3 rings (SSSR count). The molecule has 0 bridgehead atoms. The lowest BCUT2D eigenvalue weighted by molar-refractivity contribution is -0.140. The zero-order valence-corrected chi connectivity index (χ0v) is 33.1. The molecule has 1 aromatic carbocycles. The third-order valence-corrected chi connectivity index (χ3v) is 10.5. The molecule has 0 radical (unpaired) electrons. The van der Waals surface area contributed by atoms with Crippen LogP contribution in [0.15, 0.2) is 30.3 Å². The number of carbonyl (C=O) groups excluding carboxylic acids is 4. The second-order valence-electron chi connectivity index (χ2n) is 16.3. The van der Waals surface area contributed by atoms with Crippen molar-refractivity contribution >= 4 is 24.0 Å². The van der Waals surface area contributed by atoms with Gasteiger partial charge in [-0.25, -0.2) is 9.59 Å². The fraction of sp³-hybridized carbons (Fsp3) is 0.750. The van der Waals surface area contributed by atoms with E-state index in [9.17, 15) is 29.4 Å². The van der Waals surface area contributed by atoms with Gasteiger partial charge in [-0.1, -0.05) is 96.6 Å². The van der Waals surface area contributed by atoms with Gasteiger partial charge < -0.3 is 40.5 Å². The van der Waals surface area contributed by atoms with Crippen LogP contribution in [0.5, 0.6) is 0 Å². The van der Waals surface area contributed by atoms with Gasteiger partial charge in [0.1, 0.15) is 24.4 Å². The van der Waals surface area contributed by atoms with Crippen molar-refractivity contribution in [2.45, 2.75) is 130 Å². The number of benzene rings is 1. The van der Waals surface area contributed by atoms with E-state index in [1.807, 2.05) is 44.2 Å². The average Bonchev–Trinajstić information content (AvgIpc) is 3.12. The highest BCUT2D eigenvalue weighted by atomic mass is 16.6. The summed E-state index contributed by atoms with van der Waals surface area (Å²) in [5, 5.41) is 31.8. The van der Waals surface area contributed by atoms with Crippen LogP contribution in [0.1, 0.15) is 99.0 Å². The minimum atomic E-state index is -1.51. The maximum absolute atomic E-state index is 13.9. The van der Waals surface area contributed by atoms with Crippen molar-refractivity contribution < 1.29 is 38.9 Å². The van der Waals surface area contributed by atoms with Gasteiger partial charge >= 0.3 is 12.2 Å². The molecule has 2 aliphatic rings. The number of nitrogens with one attached hydrogen (secondary N) is 3. The van der Waals surface area contributed by atoms with Gasteiger partial charge in [-0.05, 0) is 50.5 Å². The van der Waals surface area contributed by atoms with Gasteiger partial charge in [-0.15, -0.1) is 0 Å². The molecule has 1 saturated carbocycles. The van der Waals surface area contributed by atoms with E-state index in [0.717, 1.165) is 37.7 Å². The molecule has 5 N–H and O–H groups in total. The molecule has 2 fully saturated rings. The first-order chi connectivity index (χ1) is 25.1. The zero-order chi connectivity index (χ0) is 39.1. The van der Waals surface area contributed by atoms with Crippen LogP contribution in [0.2, 0.25) is 0 Å². The highest BCUT2D eigenvalue weighted by molar-refractivity contribution is 5.89. The van der Waals surface area contributed by atoms with Crippen molar-refractivity contribution in [3.8, 4) is 0 Å². The topological polar surface area (TPSA) is 170 Å². The molecule has 0 unspecified atom stereocenters. The third kappa shape index (κ3) is 14.7.